The summed E-state index contributed by atoms with van der Waals surface area (Å²) in [7, 11) is -3.62. The standard InChI is InChI=1S/C19H25BrN4O3S/c1-14(2)23-12-18(22-13-23)28(26,27)24-9-7-16(8-10-24)19(25)21-11-15-3-5-17(20)6-4-15/h3-6,12-14,16H,7-11H2,1-2H3,(H,21,25). The van der Waals surface area contributed by atoms with Gasteiger partial charge < -0.3 is 9.88 Å². The molecular weight excluding hydrogens is 444 g/mol. The summed E-state index contributed by atoms with van der Waals surface area (Å²) in [4.78, 5) is 16.5. The first-order valence-corrected chi connectivity index (χ1v) is 11.6. The number of benzene rings is 1. The predicted octanol–water partition coefficient (Wildman–Crippen LogP) is 2.94. The van der Waals surface area contributed by atoms with Crippen molar-refractivity contribution in [2.75, 3.05) is 13.1 Å². The van der Waals surface area contributed by atoms with Crippen molar-refractivity contribution >= 4 is 31.9 Å². The topological polar surface area (TPSA) is 84.3 Å². The first kappa shape index (κ1) is 21.0. The first-order valence-electron chi connectivity index (χ1n) is 9.33. The highest BCUT2D eigenvalue weighted by Crippen LogP contribution is 2.24. The van der Waals surface area contributed by atoms with Gasteiger partial charge in [0.05, 0.1) is 6.33 Å². The minimum absolute atomic E-state index is 0.0240. The number of imidazole rings is 1. The van der Waals surface area contributed by atoms with Gasteiger partial charge in [0.15, 0.2) is 5.03 Å². The van der Waals surface area contributed by atoms with Crippen LogP contribution < -0.4 is 5.32 Å². The van der Waals surface area contributed by atoms with Gasteiger partial charge in [0.1, 0.15) is 0 Å². The number of hydrogen-bond donors (Lipinski definition) is 1. The summed E-state index contributed by atoms with van der Waals surface area (Å²) in [6, 6.07) is 7.93. The summed E-state index contributed by atoms with van der Waals surface area (Å²) in [6.07, 6.45) is 4.13. The lowest BCUT2D eigenvalue weighted by atomic mass is 9.97. The van der Waals surface area contributed by atoms with Crippen molar-refractivity contribution in [2.24, 2.45) is 5.92 Å². The monoisotopic (exact) mass is 468 g/mol. The second kappa shape index (κ2) is 8.75. The molecule has 2 heterocycles. The zero-order chi connectivity index (χ0) is 20.3. The molecule has 1 saturated heterocycles. The summed E-state index contributed by atoms with van der Waals surface area (Å²) in [6.45, 7) is 5.06. The van der Waals surface area contributed by atoms with Crippen molar-refractivity contribution in [1.82, 2.24) is 19.2 Å². The largest absolute Gasteiger partial charge is 0.352 e. The number of halogens is 1. The van der Waals surface area contributed by atoms with E-state index in [0.29, 0.717) is 32.5 Å². The molecule has 0 saturated carbocycles. The number of rotatable bonds is 6. The molecule has 0 radical (unpaired) electrons. The van der Waals surface area contributed by atoms with Crippen LogP contribution in [0.2, 0.25) is 0 Å². The fourth-order valence-electron chi connectivity index (χ4n) is 3.16. The second-order valence-electron chi connectivity index (χ2n) is 7.28. The molecule has 152 valence electrons. The molecule has 1 aromatic heterocycles. The number of carbonyl (C=O) groups is 1. The van der Waals surface area contributed by atoms with Gasteiger partial charge >= 0.3 is 0 Å². The maximum atomic E-state index is 12.8. The van der Waals surface area contributed by atoms with Crippen molar-refractivity contribution < 1.29 is 13.2 Å². The van der Waals surface area contributed by atoms with Crippen LogP contribution in [0.4, 0.5) is 0 Å². The highest BCUT2D eigenvalue weighted by atomic mass is 79.9. The lowest BCUT2D eigenvalue weighted by molar-refractivity contribution is -0.126. The normalized spacial score (nSPS) is 16.4. The summed E-state index contributed by atoms with van der Waals surface area (Å²) in [5.74, 6) is -0.195. The van der Waals surface area contributed by atoms with Gasteiger partial charge in [0.25, 0.3) is 10.0 Å². The maximum absolute atomic E-state index is 12.8. The van der Waals surface area contributed by atoms with E-state index in [1.165, 1.54) is 4.31 Å². The van der Waals surface area contributed by atoms with Crippen LogP contribution in [0.25, 0.3) is 0 Å². The van der Waals surface area contributed by atoms with E-state index < -0.39 is 10.0 Å². The number of carbonyl (C=O) groups excluding carboxylic acids is 1. The van der Waals surface area contributed by atoms with Crippen molar-refractivity contribution in [3.8, 4) is 0 Å². The third kappa shape index (κ3) is 4.82. The SMILES string of the molecule is CC(C)n1cnc(S(=O)(=O)N2CCC(C(=O)NCc3ccc(Br)cc3)CC2)c1. The maximum Gasteiger partial charge on any atom is 0.262 e. The Kier molecular flexibility index (Phi) is 6.57. The third-order valence-electron chi connectivity index (χ3n) is 4.98. The fraction of sp³-hybridized carbons (Fsp3) is 0.474. The summed E-state index contributed by atoms with van der Waals surface area (Å²) < 4.78 is 29.8. The summed E-state index contributed by atoms with van der Waals surface area (Å²) in [5, 5.41) is 3.02. The average molecular weight is 469 g/mol. The molecule has 1 N–H and O–H groups in total. The molecular formula is C19H25BrN4O3S. The smallest absolute Gasteiger partial charge is 0.262 e. The molecule has 1 amide bonds. The van der Waals surface area contributed by atoms with Gasteiger partial charge in [-0.2, -0.15) is 4.31 Å². The molecule has 1 aliphatic rings. The number of sulfonamides is 1. The molecule has 9 heteroatoms. The van der Waals surface area contributed by atoms with Crippen molar-refractivity contribution in [3.63, 3.8) is 0 Å². The van der Waals surface area contributed by atoms with Crippen LogP contribution in [0.1, 0.15) is 38.3 Å². The predicted molar refractivity (Wildman–Crippen MR) is 110 cm³/mol. The number of hydrogen-bond acceptors (Lipinski definition) is 4. The number of nitrogens with zero attached hydrogens (tertiary/aromatic N) is 3. The Hall–Kier alpha value is -1.71. The number of piperidine rings is 1. The number of aromatic nitrogens is 2. The van der Waals surface area contributed by atoms with Crippen LogP contribution in [0.15, 0.2) is 46.3 Å². The zero-order valence-corrected chi connectivity index (χ0v) is 18.4. The van der Waals surface area contributed by atoms with E-state index in [1.807, 2.05) is 38.1 Å². The second-order valence-corrected chi connectivity index (χ2v) is 10.1. The fourth-order valence-corrected chi connectivity index (χ4v) is 4.82. The number of nitrogens with one attached hydrogen (secondary N) is 1. The molecule has 0 bridgehead atoms. The van der Waals surface area contributed by atoms with Crippen molar-refractivity contribution in [1.29, 1.82) is 0 Å². The lowest BCUT2D eigenvalue weighted by Gasteiger charge is -2.30. The van der Waals surface area contributed by atoms with E-state index in [1.54, 1.807) is 17.1 Å². The van der Waals surface area contributed by atoms with E-state index in [2.05, 4.69) is 26.2 Å². The van der Waals surface area contributed by atoms with Gasteiger partial charge in [-0.05, 0) is 44.4 Å². The molecule has 0 atom stereocenters. The van der Waals surface area contributed by atoms with Crippen LogP contribution in [-0.2, 0) is 21.4 Å². The Morgan fingerprint density at radius 1 is 1.25 bits per heavy atom. The Morgan fingerprint density at radius 2 is 1.89 bits per heavy atom. The molecule has 0 spiro atoms. The molecule has 1 aromatic carbocycles. The molecule has 1 aliphatic heterocycles. The highest BCUT2D eigenvalue weighted by Gasteiger charge is 2.33. The Morgan fingerprint density at radius 3 is 2.46 bits per heavy atom. The third-order valence-corrected chi connectivity index (χ3v) is 7.30. The molecule has 0 aliphatic carbocycles. The van der Waals surface area contributed by atoms with Gasteiger partial charge in [-0.3, -0.25) is 4.79 Å². The van der Waals surface area contributed by atoms with Gasteiger partial charge in [0.2, 0.25) is 5.91 Å². The van der Waals surface area contributed by atoms with E-state index >= 15 is 0 Å². The van der Waals surface area contributed by atoms with Crippen LogP contribution in [0.5, 0.6) is 0 Å². The van der Waals surface area contributed by atoms with Crippen LogP contribution in [-0.4, -0.2) is 41.3 Å². The van der Waals surface area contributed by atoms with Gasteiger partial charge in [0, 0.05) is 42.3 Å². The highest BCUT2D eigenvalue weighted by molar-refractivity contribution is 9.10. The quantitative estimate of drug-likeness (QED) is 0.705. The average Bonchev–Trinajstić information content (AvgIpc) is 3.19. The van der Waals surface area contributed by atoms with Gasteiger partial charge in [-0.25, -0.2) is 13.4 Å². The minimum atomic E-state index is -3.62. The van der Waals surface area contributed by atoms with E-state index in [-0.39, 0.29) is 22.9 Å². The Bertz CT molecular complexity index is 917. The van der Waals surface area contributed by atoms with Crippen molar-refractivity contribution in [3.05, 3.63) is 46.8 Å². The molecule has 28 heavy (non-hydrogen) atoms. The molecule has 2 aromatic rings. The van der Waals surface area contributed by atoms with Crippen LogP contribution in [0, 0.1) is 5.92 Å². The van der Waals surface area contributed by atoms with E-state index in [0.717, 1.165) is 10.0 Å². The van der Waals surface area contributed by atoms with E-state index in [4.69, 9.17) is 0 Å². The summed E-state index contributed by atoms with van der Waals surface area (Å²) >= 11 is 3.39. The Balaban J connectivity index is 1.54. The molecule has 0 unspecified atom stereocenters. The van der Waals surface area contributed by atoms with Crippen LogP contribution in [0.3, 0.4) is 0 Å². The van der Waals surface area contributed by atoms with Crippen LogP contribution >= 0.6 is 15.9 Å². The molecule has 7 nitrogen and oxygen atoms in total. The molecule has 1 fully saturated rings. The van der Waals surface area contributed by atoms with E-state index in [9.17, 15) is 13.2 Å². The summed E-state index contributed by atoms with van der Waals surface area (Å²) in [5.41, 5.74) is 1.03. The lowest BCUT2D eigenvalue weighted by Crippen LogP contribution is -2.42. The zero-order valence-electron chi connectivity index (χ0n) is 16.0. The minimum Gasteiger partial charge on any atom is -0.352 e. The first-order chi connectivity index (χ1) is 13.3. The van der Waals surface area contributed by atoms with Gasteiger partial charge in [-0.1, -0.05) is 28.1 Å². The number of amides is 1. The van der Waals surface area contributed by atoms with Crippen molar-refractivity contribution in [2.45, 2.75) is 44.3 Å². The Labute approximate surface area is 174 Å². The van der Waals surface area contributed by atoms with Gasteiger partial charge in [-0.15, -0.1) is 0 Å². The molecule has 3 rings (SSSR count).